The highest BCUT2D eigenvalue weighted by atomic mass is 16.5. The molecule has 0 N–H and O–H groups in total. The van der Waals surface area contributed by atoms with E-state index in [1.165, 1.54) is 6.07 Å². The summed E-state index contributed by atoms with van der Waals surface area (Å²) in [6.45, 7) is 2.49. The number of aromatic nitrogens is 1. The van der Waals surface area contributed by atoms with Crippen LogP contribution in [0.5, 0.6) is 0 Å². The Labute approximate surface area is 133 Å². The Bertz CT molecular complexity index is 897. The monoisotopic (exact) mass is 307 g/mol. The molecule has 0 amide bonds. The molecule has 1 heterocycles. The standard InChI is InChI=1S/C19H17NO3/c1-2-23-19(22)16-12-18(21)20(13-14-8-4-3-5-9-14)17-11-7-6-10-15(16)17/h3-12H,2,13H2,1H3. The molecular formula is C19H17NO3. The molecular weight excluding hydrogens is 290 g/mol. The van der Waals surface area contributed by atoms with E-state index in [0.717, 1.165) is 16.5 Å². The van der Waals surface area contributed by atoms with Gasteiger partial charge in [-0.25, -0.2) is 4.79 Å². The van der Waals surface area contributed by atoms with Gasteiger partial charge in [-0.1, -0.05) is 48.5 Å². The van der Waals surface area contributed by atoms with Crippen LogP contribution in [0.3, 0.4) is 0 Å². The number of fused-ring (bicyclic) bond motifs is 1. The predicted molar refractivity (Wildman–Crippen MR) is 89.7 cm³/mol. The number of esters is 1. The highest BCUT2D eigenvalue weighted by Gasteiger charge is 2.15. The molecule has 0 unspecified atom stereocenters. The second-order valence-electron chi connectivity index (χ2n) is 5.21. The molecule has 0 fully saturated rings. The molecule has 0 saturated heterocycles. The zero-order valence-electron chi connectivity index (χ0n) is 12.9. The third-order valence-electron chi connectivity index (χ3n) is 3.70. The first-order chi connectivity index (χ1) is 11.2. The second kappa shape index (κ2) is 6.48. The topological polar surface area (TPSA) is 48.3 Å². The maximum absolute atomic E-state index is 12.5. The van der Waals surface area contributed by atoms with Crippen LogP contribution in [0.2, 0.25) is 0 Å². The van der Waals surface area contributed by atoms with Gasteiger partial charge in [0.25, 0.3) is 5.56 Å². The van der Waals surface area contributed by atoms with Crippen molar-refractivity contribution >= 4 is 16.9 Å². The van der Waals surface area contributed by atoms with Gasteiger partial charge in [0.2, 0.25) is 0 Å². The summed E-state index contributed by atoms with van der Waals surface area (Å²) in [7, 11) is 0. The summed E-state index contributed by atoms with van der Waals surface area (Å²) >= 11 is 0. The van der Waals surface area contributed by atoms with Crippen LogP contribution in [0.15, 0.2) is 65.5 Å². The number of hydrogen-bond acceptors (Lipinski definition) is 3. The zero-order chi connectivity index (χ0) is 16.2. The van der Waals surface area contributed by atoms with Crippen LogP contribution in [-0.2, 0) is 11.3 Å². The highest BCUT2D eigenvalue weighted by Crippen LogP contribution is 2.18. The molecule has 0 aliphatic heterocycles. The summed E-state index contributed by atoms with van der Waals surface area (Å²) in [6.07, 6.45) is 0. The zero-order valence-corrected chi connectivity index (χ0v) is 12.9. The van der Waals surface area contributed by atoms with Crippen molar-refractivity contribution in [3.63, 3.8) is 0 Å². The minimum atomic E-state index is -0.465. The van der Waals surface area contributed by atoms with Crippen LogP contribution in [0.4, 0.5) is 0 Å². The normalized spacial score (nSPS) is 10.7. The summed E-state index contributed by atoms with van der Waals surface area (Å²) in [4.78, 5) is 24.6. The van der Waals surface area contributed by atoms with E-state index in [9.17, 15) is 9.59 Å². The van der Waals surface area contributed by atoms with Gasteiger partial charge in [0.15, 0.2) is 0 Å². The van der Waals surface area contributed by atoms with Crippen LogP contribution >= 0.6 is 0 Å². The number of carbonyl (C=O) groups is 1. The minimum Gasteiger partial charge on any atom is -0.462 e. The molecule has 1 aromatic heterocycles. The quantitative estimate of drug-likeness (QED) is 0.695. The van der Waals surface area contributed by atoms with E-state index in [1.54, 1.807) is 11.5 Å². The molecule has 0 aliphatic rings. The summed E-state index contributed by atoms with van der Waals surface area (Å²) in [5.74, 6) is -0.465. The molecule has 0 bridgehead atoms. The molecule has 0 saturated carbocycles. The molecule has 2 aromatic carbocycles. The van der Waals surface area contributed by atoms with E-state index < -0.39 is 5.97 Å². The molecule has 23 heavy (non-hydrogen) atoms. The number of ether oxygens (including phenoxy) is 1. The summed E-state index contributed by atoms with van der Waals surface area (Å²) in [5, 5.41) is 0.724. The largest absolute Gasteiger partial charge is 0.462 e. The minimum absolute atomic E-state index is 0.212. The van der Waals surface area contributed by atoms with Crippen LogP contribution in [0.1, 0.15) is 22.8 Å². The molecule has 4 nitrogen and oxygen atoms in total. The SMILES string of the molecule is CCOC(=O)c1cc(=O)n(Cc2ccccc2)c2ccccc12. The molecule has 0 aliphatic carbocycles. The van der Waals surface area contributed by atoms with Gasteiger partial charge in [-0.3, -0.25) is 4.79 Å². The maximum atomic E-state index is 12.5. The van der Waals surface area contributed by atoms with Gasteiger partial charge in [-0.2, -0.15) is 0 Å². The number of rotatable bonds is 4. The van der Waals surface area contributed by atoms with E-state index >= 15 is 0 Å². The van der Waals surface area contributed by atoms with E-state index in [1.807, 2.05) is 54.6 Å². The molecule has 0 atom stereocenters. The van der Waals surface area contributed by atoms with Crippen molar-refractivity contribution in [3.8, 4) is 0 Å². The van der Waals surface area contributed by atoms with Crippen molar-refractivity contribution in [3.05, 3.63) is 82.1 Å². The smallest absolute Gasteiger partial charge is 0.339 e. The Morgan fingerprint density at radius 3 is 2.48 bits per heavy atom. The third kappa shape index (κ3) is 3.01. The van der Waals surface area contributed by atoms with Gasteiger partial charge >= 0.3 is 5.97 Å². The Morgan fingerprint density at radius 2 is 1.74 bits per heavy atom. The lowest BCUT2D eigenvalue weighted by Gasteiger charge is -2.13. The number of hydrogen-bond donors (Lipinski definition) is 0. The van der Waals surface area contributed by atoms with Gasteiger partial charge < -0.3 is 9.30 Å². The van der Waals surface area contributed by atoms with Crippen molar-refractivity contribution in [1.29, 1.82) is 0 Å². The molecule has 3 rings (SSSR count). The number of nitrogens with zero attached hydrogens (tertiary/aromatic N) is 1. The fourth-order valence-electron chi connectivity index (χ4n) is 2.64. The molecule has 0 spiro atoms. The Balaban J connectivity index is 2.17. The molecule has 116 valence electrons. The maximum Gasteiger partial charge on any atom is 0.339 e. The van der Waals surface area contributed by atoms with Crippen molar-refractivity contribution < 1.29 is 9.53 Å². The van der Waals surface area contributed by atoms with Crippen molar-refractivity contribution in [2.75, 3.05) is 6.61 Å². The lowest BCUT2D eigenvalue weighted by molar-refractivity contribution is 0.0528. The van der Waals surface area contributed by atoms with E-state index in [0.29, 0.717) is 12.1 Å². The van der Waals surface area contributed by atoms with Gasteiger partial charge in [0, 0.05) is 11.5 Å². The second-order valence-corrected chi connectivity index (χ2v) is 5.21. The van der Waals surface area contributed by atoms with Crippen molar-refractivity contribution in [2.45, 2.75) is 13.5 Å². The first kappa shape index (κ1) is 15.0. The van der Waals surface area contributed by atoms with Crippen LogP contribution in [-0.4, -0.2) is 17.1 Å². The number of benzene rings is 2. The number of para-hydroxylation sites is 1. The van der Waals surface area contributed by atoms with Crippen molar-refractivity contribution in [2.24, 2.45) is 0 Å². The lowest BCUT2D eigenvalue weighted by Crippen LogP contribution is -2.23. The van der Waals surface area contributed by atoms with Gasteiger partial charge in [0.05, 0.1) is 24.2 Å². The summed E-state index contributed by atoms with van der Waals surface area (Å²) in [6, 6.07) is 18.5. The highest BCUT2D eigenvalue weighted by molar-refractivity contribution is 6.03. The first-order valence-electron chi connectivity index (χ1n) is 7.54. The number of pyridine rings is 1. The van der Waals surface area contributed by atoms with Crippen LogP contribution in [0.25, 0.3) is 10.9 Å². The van der Waals surface area contributed by atoms with E-state index in [4.69, 9.17) is 4.74 Å². The average Bonchev–Trinajstić information content (AvgIpc) is 2.58. The summed E-state index contributed by atoms with van der Waals surface area (Å²) < 4.78 is 6.74. The van der Waals surface area contributed by atoms with Gasteiger partial charge in [0.1, 0.15) is 0 Å². The third-order valence-corrected chi connectivity index (χ3v) is 3.70. The van der Waals surface area contributed by atoms with Crippen LogP contribution < -0.4 is 5.56 Å². The van der Waals surface area contributed by atoms with E-state index in [-0.39, 0.29) is 12.2 Å². The Morgan fingerprint density at radius 1 is 1.04 bits per heavy atom. The predicted octanol–water partition coefficient (Wildman–Crippen LogP) is 3.23. The fourth-order valence-corrected chi connectivity index (χ4v) is 2.64. The Kier molecular flexibility index (Phi) is 4.24. The van der Waals surface area contributed by atoms with Gasteiger partial charge in [-0.05, 0) is 18.6 Å². The van der Waals surface area contributed by atoms with Gasteiger partial charge in [-0.15, -0.1) is 0 Å². The van der Waals surface area contributed by atoms with Crippen LogP contribution in [0, 0.1) is 0 Å². The average molecular weight is 307 g/mol. The summed E-state index contributed by atoms with van der Waals surface area (Å²) in [5.41, 5.74) is 1.86. The Hall–Kier alpha value is -2.88. The lowest BCUT2D eigenvalue weighted by atomic mass is 10.1. The molecule has 4 heteroatoms. The first-order valence-corrected chi connectivity index (χ1v) is 7.54. The van der Waals surface area contributed by atoms with Crippen molar-refractivity contribution in [1.82, 2.24) is 4.57 Å². The fraction of sp³-hybridized carbons (Fsp3) is 0.158. The van der Waals surface area contributed by atoms with E-state index in [2.05, 4.69) is 0 Å². The molecule has 0 radical (unpaired) electrons. The molecule has 3 aromatic rings. The number of carbonyl (C=O) groups excluding carboxylic acids is 1.